The largest absolute Gasteiger partial charge is 0.384 e. The topological polar surface area (TPSA) is 68.5 Å². The van der Waals surface area contributed by atoms with Crippen molar-refractivity contribution in [2.24, 2.45) is 0 Å². The Morgan fingerprint density at radius 1 is 1.48 bits per heavy atom. The summed E-state index contributed by atoms with van der Waals surface area (Å²) in [6, 6.07) is 3.50. The summed E-state index contributed by atoms with van der Waals surface area (Å²) in [6.07, 6.45) is 0.0291. The van der Waals surface area contributed by atoms with Gasteiger partial charge in [-0.05, 0) is 38.8 Å². The first-order chi connectivity index (χ1) is 9.68. The minimum atomic E-state index is -0.327. The fraction of sp³-hybridized carbons (Fsp3) is 0.625. The predicted molar refractivity (Wildman–Crippen MR) is 83.3 cm³/mol. The second-order valence-corrected chi connectivity index (χ2v) is 6.73. The molecule has 0 aliphatic carbocycles. The molecule has 1 amide bonds. The van der Waals surface area contributed by atoms with Crippen LogP contribution >= 0.6 is 0 Å². The zero-order valence-electron chi connectivity index (χ0n) is 13.5. The number of nitrogens with zero attached hydrogens (tertiary/aromatic N) is 2. The summed E-state index contributed by atoms with van der Waals surface area (Å²) < 4.78 is 5.84. The highest BCUT2D eigenvalue weighted by atomic mass is 16.5. The Morgan fingerprint density at radius 2 is 2.14 bits per heavy atom. The van der Waals surface area contributed by atoms with Gasteiger partial charge in [0.1, 0.15) is 5.82 Å². The lowest BCUT2D eigenvalue weighted by molar-refractivity contribution is -0.118. The number of hydrogen-bond donors (Lipinski definition) is 1. The number of carbonyl (C=O) groups excluding carboxylic acids is 1. The molecule has 0 bridgehead atoms. The number of carbonyl (C=O) groups is 1. The van der Waals surface area contributed by atoms with Crippen LogP contribution in [0.25, 0.3) is 0 Å². The number of aromatic nitrogens is 1. The summed E-state index contributed by atoms with van der Waals surface area (Å²) in [4.78, 5) is 18.9. The van der Waals surface area contributed by atoms with Crippen molar-refractivity contribution >= 4 is 11.7 Å². The van der Waals surface area contributed by atoms with Crippen LogP contribution in [0.1, 0.15) is 56.6 Å². The summed E-state index contributed by atoms with van der Waals surface area (Å²) in [6.45, 7) is 11.2. The number of amides is 1. The van der Waals surface area contributed by atoms with E-state index in [1.54, 1.807) is 6.07 Å². The Labute approximate surface area is 126 Å². The number of nitrogen functional groups attached to an aromatic ring is 1. The standard InChI is InChI=1S/C16H25N3O2/c1-10(2)13-6-12(7-14(17)18-13)15(20)19-8-11(3)21-16(4,5)9-19/h6-7,10-11H,8-9H2,1-5H3,(H2,17,18). The summed E-state index contributed by atoms with van der Waals surface area (Å²) in [5.74, 6) is 0.624. The fourth-order valence-corrected chi connectivity index (χ4v) is 2.78. The van der Waals surface area contributed by atoms with Crippen LogP contribution in [0.2, 0.25) is 0 Å². The second-order valence-electron chi connectivity index (χ2n) is 6.73. The second kappa shape index (κ2) is 5.64. The molecule has 1 unspecified atom stereocenters. The molecule has 0 radical (unpaired) electrons. The third kappa shape index (κ3) is 3.73. The number of anilines is 1. The molecule has 1 atom stereocenters. The van der Waals surface area contributed by atoms with Crippen molar-refractivity contribution in [1.82, 2.24) is 9.88 Å². The third-order valence-corrected chi connectivity index (χ3v) is 3.56. The molecule has 1 fully saturated rings. The zero-order chi connectivity index (χ0) is 15.8. The van der Waals surface area contributed by atoms with Gasteiger partial charge in [-0.2, -0.15) is 0 Å². The molecule has 2 N–H and O–H groups in total. The van der Waals surface area contributed by atoms with Crippen molar-refractivity contribution in [1.29, 1.82) is 0 Å². The molecule has 0 aromatic carbocycles. The maximum atomic E-state index is 12.7. The Balaban J connectivity index is 2.27. The van der Waals surface area contributed by atoms with Gasteiger partial charge in [0.05, 0.1) is 11.7 Å². The third-order valence-electron chi connectivity index (χ3n) is 3.56. The van der Waals surface area contributed by atoms with E-state index in [0.29, 0.717) is 24.5 Å². The highest BCUT2D eigenvalue weighted by Gasteiger charge is 2.34. The molecule has 1 aliphatic heterocycles. The summed E-state index contributed by atoms with van der Waals surface area (Å²) in [5.41, 5.74) is 6.97. The van der Waals surface area contributed by atoms with Crippen molar-refractivity contribution in [3.8, 4) is 0 Å². The normalized spacial score (nSPS) is 21.6. The number of rotatable bonds is 2. The smallest absolute Gasteiger partial charge is 0.254 e. The SMILES string of the molecule is CC1CN(C(=O)c2cc(N)nc(C(C)C)c2)CC(C)(C)O1. The average molecular weight is 291 g/mol. The van der Waals surface area contributed by atoms with E-state index in [0.717, 1.165) is 5.69 Å². The van der Waals surface area contributed by atoms with Gasteiger partial charge in [0, 0.05) is 24.3 Å². The van der Waals surface area contributed by atoms with E-state index < -0.39 is 0 Å². The summed E-state index contributed by atoms with van der Waals surface area (Å²) in [7, 11) is 0. The fourth-order valence-electron chi connectivity index (χ4n) is 2.78. The van der Waals surface area contributed by atoms with Crippen molar-refractivity contribution in [3.63, 3.8) is 0 Å². The molecule has 1 aromatic heterocycles. The quantitative estimate of drug-likeness (QED) is 0.908. The minimum absolute atomic E-state index is 0.00535. The van der Waals surface area contributed by atoms with Gasteiger partial charge >= 0.3 is 0 Å². The summed E-state index contributed by atoms with van der Waals surface area (Å²) >= 11 is 0. The molecule has 21 heavy (non-hydrogen) atoms. The van der Waals surface area contributed by atoms with E-state index in [-0.39, 0.29) is 23.5 Å². The summed E-state index contributed by atoms with van der Waals surface area (Å²) in [5, 5.41) is 0. The maximum Gasteiger partial charge on any atom is 0.254 e. The molecule has 0 saturated carbocycles. The first kappa shape index (κ1) is 15.8. The van der Waals surface area contributed by atoms with Crippen molar-refractivity contribution in [3.05, 3.63) is 23.4 Å². The van der Waals surface area contributed by atoms with Crippen LogP contribution < -0.4 is 5.73 Å². The lowest BCUT2D eigenvalue weighted by Gasteiger charge is -2.41. The Bertz CT molecular complexity index is 540. The van der Waals surface area contributed by atoms with Crippen LogP contribution in [-0.4, -0.2) is 40.6 Å². The Morgan fingerprint density at radius 3 is 2.71 bits per heavy atom. The number of pyridine rings is 1. The van der Waals surface area contributed by atoms with Crippen LogP contribution in [0.15, 0.2) is 12.1 Å². The maximum absolute atomic E-state index is 12.7. The van der Waals surface area contributed by atoms with E-state index in [1.165, 1.54) is 0 Å². The molecule has 1 saturated heterocycles. The molecule has 5 heteroatoms. The highest BCUT2D eigenvalue weighted by Crippen LogP contribution is 2.23. The van der Waals surface area contributed by atoms with Crippen LogP contribution in [0.5, 0.6) is 0 Å². The lowest BCUT2D eigenvalue weighted by atomic mass is 10.0. The van der Waals surface area contributed by atoms with Crippen molar-refractivity contribution in [2.75, 3.05) is 18.8 Å². The van der Waals surface area contributed by atoms with Crippen LogP contribution in [0.4, 0.5) is 5.82 Å². The van der Waals surface area contributed by atoms with Crippen molar-refractivity contribution in [2.45, 2.75) is 52.2 Å². The average Bonchev–Trinajstić information content (AvgIpc) is 2.34. The predicted octanol–water partition coefficient (Wildman–Crippen LogP) is 2.43. The van der Waals surface area contributed by atoms with Gasteiger partial charge in [-0.25, -0.2) is 4.98 Å². The molecular weight excluding hydrogens is 266 g/mol. The van der Waals surface area contributed by atoms with E-state index in [9.17, 15) is 4.79 Å². The van der Waals surface area contributed by atoms with Gasteiger partial charge in [0.2, 0.25) is 0 Å². The van der Waals surface area contributed by atoms with E-state index >= 15 is 0 Å². The van der Waals surface area contributed by atoms with Gasteiger partial charge < -0.3 is 15.4 Å². The van der Waals surface area contributed by atoms with E-state index in [1.807, 2.05) is 45.6 Å². The van der Waals surface area contributed by atoms with Gasteiger partial charge in [-0.1, -0.05) is 13.8 Å². The number of hydrogen-bond acceptors (Lipinski definition) is 4. The van der Waals surface area contributed by atoms with Gasteiger partial charge in [0.25, 0.3) is 5.91 Å². The number of nitrogens with two attached hydrogens (primary N) is 1. The molecule has 0 spiro atoms. The lowest BCUT2D eigenvalue weighted by Crippen LogP contribution is -2.53. The number of ether oxygens (including phenoxy) is 1. The van der Waals surface area contributed by atoms with Gasteiger partial charge in [-0.3, -0.25) is 4.79 Å². The first-order valence-corrected chi connectivity index (χ1v) is 7.42. The zero-order valence-corrected chi connectivity index (χ0v) is 13.5. The molecule has 5 nitrogen and oxygen atoms in total. The minimum Gasteiger partial charge on any atom is -0.384 e. The molecule has 1 aliphatic rings. The molecule has 2 heterocycles. The molecule has 2 rings (SSSR count). The first-order valence-electron chi connectivity index (χ1n) is 7.42. The molecule has 1 aromatic rings. The van der Waals surface area contributed by atoms with Crippen LogP contribution in [0.3, 0.4) is 0 Å². The Kier molecular flexibility index (Phi) is 4.23. The van der Waals surface area contributed by atoms with Gasteiger partial charge in [0.15, 0.2) is 0 Å². The van der Waals surface area contributed by atoms with Gasteiger partial charge in [-0.15, -0.1) is 0 Å². The molecular formula is C16H25N3O2. The molecule has 116 valence electrons. The Hall–Kier alpha value is -1.62. The monoisotopic (exact) mass is 291 g/mol. The van der Waals surface area contributed by atoms with Crippen molar-refractivity contribution < 1.29 is 9.53 Å². The van der Waals surface area contributed by atoms with Crippen LogP contribution in [-0.2, 0) is 4.74 Å². The highest BCUT2D eigenvalue weighted by molar-refractivity contribution is 5.95. The van der Waals surface area contributed by atoms with E-state index in [4.69, 9.17) is 10.5 Å². The van der Waals surface area contributed by atoms with E-state index in [2.05, 4.69) is 4.98 Å². The van der Waals surface area contributed by atoms with Crippen LogP contribution in [0, 0.1) is 0 Å². The number of morpholine rings is 1.